The quantitative estimate of drug-likeness (QED) is 0.561. The van der Waals surface area contributed by atoms with Gasteiger partial charge in [-0.1, -0.05) is 6.08 Å². The van der Waals surface area contributed by atoms with Crippen LogP contribution in [0.15, 0.2) is 12.3 Å². The van der Waals surface area contributed by atoms with Gasteiger partial charge in [0.05, 0.1) is 11.0 Å². The van der Waals surface area contributed by atoms with Crippen molar-refractivity contribution in [1.29, 1.82) is 0 Å². The van der Waals surface area contributed by atoms with Crippen LogP contribution in [0.3, 0.4) is 0 Å². The summed E-state index contributed by atoms with van der Waals surface area (Å²) in [6, 6.07) is -0.390. The number of carbonyl (C=O) groups is 1. The molecule has 0 aliphatic heterocycles. The van der Waals surface area contributed by atoms with Gasteiger partial charge in [-0.25, -0.2) is 4.79 Å². The molecule has 1 aromatic rings. The zero-order valence-corrected chi connectivity index (χ0v) is 11.4. The summed E-state index contributed by atoms with van der Waals surface area (Å²) >= 11 is 0. The second-order valence-electron chi connectivity index (χ2n) is 4.94. The number of amides is 1. The molecule has 0 bridgehead atoms. The Balaban J connectivity index is 2.27. The Labute approximate surface area is 120 Å². The number of allylic oxidation sites excluding steroid dienone is 1. The third-order valence-electron chi connectivity index (χ3n) is 3.43. The van der Waals surface area contributed by atoms with E-state index < -0.39 is 23.2 Å². The van der Waals surface area contributed by atoms with Crippen molar-refractivity contribution >= 4 is 17.4 Å². The molecular formula is C12H16N4O5. The molecule has 1 aromatic heterocycles. The molecule has 9 heteroatoms. The van der Waals surface area contributed by atoms with E-state index in [0.717, 1.165) is 0 Å². The lowest BCUT2D eigenvalue weighted by molar-refractivity contribution is -0.385. The molecule has 1 amide bonds. The van der Waals surface area contributed by atoms with Gasteiger partial charge >= 0.3 is 11.8 Å². The van der Waals surface area contributed by atoms with E-state index in [2.05, 4.69) is 10.4 Å². The lowest BCUT2D eigenvalue weighted by Gasteiger charge is -2.15. The van der Waals surface area contributed by atoms with E-state index in [9.17, 15) is 20.0 Å². The maximum Gasteiger partial charge on any atom is 0.404 e. The molecule has 0 saturated carbocycles. The first-order valence-corrected chi connectivity index (χ1v) is 6.43. The lowest BCUT2D eigenvalue weighted by Crippen LogP contribution is -2.35. The fourth-order valence-corrected chi connectivity index (χ4v) is 2.56. The third kappa shape index (κ3) is 3.37. The van der Waals surface area contributed by atoms with E-state index in [-0.39, 0.29) is 12.1 Å². The van der Waals surface area contributed by atoms with Crippen LogP contribution < -0.4 is 5.32 Å². The fourth-order valence-electron chi connectivity index (χ4n) is 2.56. The standard InChI is InChI=1S/C12H16N4O5/c1-15-11(10(6-13-15)16(20)21)7-2-3-8(14-12(18)19)5-9(17)4-7/h4,6,8-9,14,17H,2-3,5H2,1H3,(H,18,19). The first-order valence-electron chi connectivity index (χ1n) is 6.43. The summed E-state index contributed by atoms with van der Waals surface area (Å²) in [4.78, 5) is 21.2. The zero-order valence-electron chi connectivity index (χ0n) is 11.4. The average molecular weight is 296 g/mol. The average Bonchev–Trinajstić information content (AvgIpc) is 2.66. The van der Waals surface area contributed by atoms with Crippen LogP contribution in [-0.2, 0) is 7.05 Å². The van der Waals surface area contributed by atoms with Gasteiger partial charge in [0.15, 0.2) is 0 Å². The van der Waals surface area contributed by atoms with E-state index in [4.69, 9.17) is 5.11 Å². The lowest BCUT2D eigenvalue weighted by atomic mass is 10.0. The first-order chi connectivity index (χ1) is 9.88. The Morgan fingerprint density at radius 1 is 1.62 bits per heavy atom. The summed E-state index contributed by atoms with van der Waals surface area (Å²) in [5, 5.41) is 35.9. The molecule has 2 unspecified atom stereocenters. The number of aryl methyl sites for hydroxylation is 1. The third-order valence-corrected chi connectivity index (χ3v) is 3.43. The summed E-state index contributed by atoms with van der Waals surface area (Å²) in [6.07, 6.45) is 1.80. The number of nitrogens with one attached hydrogen (secondary N) is 1. The normalized spacial score (nSPS) is 22.3. The Kier molecular flexibility index (Phi) is 4.22. The number of aliphatic hydroxyl groups excluding tert-OH is 1. The molecule has 0 fully saturated rings. The first kappa shape index (κ1) is 15.0. The predicted octanol–water partition coefficient (Wildman–Crippen LogP) is 0.893. The molecule has 3 N–H and O–H groups in total. The van der Waals surface area contributed by atoms with Crippen LogP contribution in [-0.4, -0.2) is 43.2 Å². The van der Waals surface area contributed by atoms with Gasteiger partial charge in [0.2, 0.25) is 0 Å². The van der Waals surface area contributed by atoms with Crippen molar-refractivity contribution in [2.24, 2.45) is 7.05 Å². The van der Waals surface area contributed by atoms with Crippen molar-refractivity contribution in [3.8, 4) is 0 Å². The Morgan fingerprint density at radius 3 is 2.95 bits per heavy atom. The maximum atomic E-state index is 11.0. The largest absolute Gasteiger partial charge is 0.465 e. The van der Waals surface area contributed by atoms with E-state index in [1.807, 2.05) is 0 Å². The number of aromatic nitrogens is 2. The minimum absolute atomic E-state index is 0.124. The van der Waals surface area contributed by atoms with Crippen molar-refractivity contribution in [1.82, 2.24) is 15.1 Å². The van der Waals surface area contributed by atoms with Crippen molar-refractivity contribution in [3.63, 3.8) is 0 Å². The molecule has 2 rings (SSSR count). The summed E-state index contributed by atoms with van der Waals surface area (Å²) in [5.74, 6) is 0. The molecule has 21 heavy (non-hydrogen) atoms. The number of carboxylic acid groups (broad SMARTS) is 1. The van der Waals surface area contributed by atoms with Gasteiger partial charge in [-0.3, -0.25) is 14.8 Å². The number of aliphatic hydroxyl groups is 1. The van der Waals surface area contributed by atoms with Crippen molar-refractivity contribution in [2.45, 2.75) is 31.4 Å². The topological polar surface area (TPSA) is 131 Å². The van der Waals surface area contributed by atoms with Crippen molar-refractivity contribution in [3.05, 3.63) is 28.1 Å². The van der Waals surface area contributed by atoms with Crippen LogP contribution in [0.2, 0.25) is 0 Å². The Morgan fingerprint density at radius 2 is 2.33 bits per heavy atom. The highest BCUT2D eigenvalue weighted by molar-refractivity contribution is 5.71. The predicted molar refractivity (Wildman–Crippen MR) is 72.6 cm³/mol. The van der Waals surface area contributed by atoms with Crippen molar-refractivity contribution < 1.29 is 19.9 Å². The van der Waals surface area contributed by atoms with E-state index >= 15 is 0 Å². The summed E-state index contributed by atoms with van der Waals surface area (Å²) in [7, 11) is 1.59. The van der Waals surface area contributed by atoms with Crippen molar-refractivity contribution in [2.75, 3.05) is 0 Å². The number of nitro groups is 1. The maximum absolute atomic E-state index is 11.0. The number of hydrogen-bond acceptors (Lipinski definition) is 5. The number of rotatable bonds is 3. The highest BCUT2D eigenvalue weighted by Gasteiger charge is 2.27. The Bertz CT molecular complexity index is 594. The SMILES string of the molecule is Cn1ncc([N+](=O)[O-])c1C1=CC(O)CC(NC(=O)O)CC1. The molecule has 2 atom stereocenters. The molecule has 1 heterocycles. The number of hydrogen-bond donors (Lipinski definition) is 3. The fraction of sp³-hybridized carbons (Fsp3) is 0.500. The van der Waals surface area contributed by atoms with E-state index in [1.165, 1.54) is 17.0 Å². The second kappa shape index (κ2) is 5.92. The minimum Gasteiger partial charge on any atom is -0.465 e. The molecule has 0 spiro atoms. The van der Waals surface area contributed by atoms with E-state index in [0.29, 0.717) is 24.1 Å². The number of nitrogens with zero attached hydrogens (tertiary/aromatic N) is 3. The molecule has 1 aliphatic carbocycles. The minimum atomic E-state index is -1.15. The molecule has 9 nitrogen and oxygen atoms in total. The molecule has 0 radical (unpaired) electrons. The van der Waals surface area contributed by atoms with Crippen LogP contribution in [0.25, 0.3) is 5.57 Å². The monoisotopic (exact) mass is 296 g/mol. The molecular weight excluding hydrogens is 280 g/mol. The highest BCUT2D eigenvalue weighted by Crippen LogP contribution is 2.31. The molecule has 0 saturated heterocycles. The van der Waals surface area contributed by atoms with Crippen LogP contribution >= 0.6 is 0 Å². The molecule has 0 aromatic carbocycles. The second-order valence-corrected chi connectivity index (χ2v) is 4.94. The zero-order chi connectivity index (χ0) is 15.6. The van der Waals surface area contributed by atoms with Gasteiger partial charge in [0.25, 0.3) is 0 Å². The summed E-state index contributed by atoms with van der Waals surface area (Å²) in [6.45, 7) is 0. The molecule has 1 aliphatic rings. The summed E-state index contributed by atoms with van der Waals surface area (Å²) < 4.78 is 1.39. The van der Waals surface area contributed by atoms with Gasteiger partial charge in [0.1, 0.15) is 11.9 Å². The smallest absolute Gasteiger partial charge is 0.404 e. The van der Waals surface area contributed by atoms with Gasteiger partial charge < -0.3 is 15.5 Å². The van der Waals surface area contributed by atoms with Crippen LogP contribution in [0.4, 0.5) is 10.5 Å². The van der Waals surface area contributed by atoms with Gasteiger partial charge in [-0.15, -0.1) is 0 Å². The van der Waals surface area contributed by atoms with Gasteiger partial charge in [-0.05, 0) is 24.8 Å². The molecule has 114 valence electrons. The van der Waals surface area contributed by atoms with Crippen LogP contribution in [0, 0.1) is 10.1 Å². The van der Waals surface area contributed by atoms with Crippen LogP contribution in [0.1, 0.15) is 25.0 Å². The Hall–Kier alpha value is -2.42. The van der Waals surface area contributed by atoms with Gasteiger partial charge in [-0.2, -0.15) is 5.10 Å². The van der Waals surface area contributed by atoms with Gasteiger partial charge in [0, 0.05) is 13.1 Å². The van der Waals surface area contributed by atoms with Crippen LogP contribution in [0.5, 0.6) is 0 Å². The highest BCUT2D eigenvalue weighted by atomic mass is 16.6. The van der Waals surface area contributed by atoms with E-state index in [1.54, 1.807) is 7.05 Å². The summed E-state index contributed by atoms with van der Waals surface area (Å²) in [5.41, 5.74) is 0.819.